The van der Waals surface area contributed by atoms with Crippen molar-refractivity contribution in [3.05, 3.63) is 59.7 Å². The number of rotatable bonds is 5. The van der Waals surface area contributed by atoms with E-state index in [-0.39, 0.29) is 5.91 Å². The van der Waals surface area contributed by atoms with Gasteiger partial charge in [-0.2, -0.15) is 0 Å². The standard InChI is InChI=1S/C18H20N4O/c1-13-7-5-9-16(20-13)18(23)19-11-6-12-22-14(2)21-15-8-3-4-10-17(15)22/h3-5,7-10H,6,11-12H2,1-2H3,(H,19,23). The molecule has 5 nitrogen and oxygen atoms in total. The van der Waals surface area contributed by atoms with Gasteiger partial charge in [-0.3, -0.25) is 4.79 Å². The highest BCUT2D eigenvalue weighted by Crippen LogP contribution is 2.15. The minimum atomic E-state index is -0.124. The fraction of sp³-hybridized carbons (Fsp3) is 0.278. The lowest BCUT2D eigenvalue weighted by atomic mass is 10.3. The summed E-state index contributed by atoms with van der Waals surface area (Å²) in [4.78, 5) is 20.8. The molecule has 5 heteroatoms. The van der Waals surface area contributed by atoms with Gasteiger partial charge in [0.05, 0.1) is 11.0 Å². The Labute approximate surface area is 135 Å². The zero-order chi connectivity index (χ0) is 16.2. The van der Waals surface area contributed by atoms with E-state index in [1.54, 1.807) is 6.07 Å². The van der Waals surface area contributed by atoms with Crippen molar-refractivity contribution in [2.75, 3.05) is 6.54 Å². The first kappa shape index (κ1) is 15.2. The summed E-state index contributed by atoms with van der Waals surface area (Å²) in [6.07, 6.45) is 0.846. The van der Waals surface area contributed by atoms with E-state index in [2.05, 4.69) is 25.9 Å². The Balaban J connectivity index is 1.57. The van der Waals surface area contributed by atoms with E-state index in [4.69, 9.17) is 0 Å². The van der Waals surface area contributed by atoms with E-state index in [0.29, 0.717) is 12.2 Å². The second kappa shape index (κ2) is 6.60. The molecule has 0 fully saturated rings. The largest absolute Gasteiger partial charge is 0.351 e. The number of para-hydroxylation sites is 2. The van der Waals surface area contributed by atoms with E-state index in [1.165, 1.54) is 0 Å². The molecule has 0 radical (unpaired) electrons. The van der Waals surface area contributed by atoms with Crippen molar-refractivity contribution in [2.45, 2.75) is 26.8 Å². The van der Waals surface area contributed by atoms with Gasteiger partial charge < -0.3 is 9.88 Å². The number of nitrogens with one attached hydrogen (secondary N) is 1. The van der Waals surface area contributed by atoms with Gasteiger partial charge in [-0.15, -0.1) is 0 Å². The monoisotopic (exact) mass is 308 g/mol. The van der Waals surface area contributed by atoms with Gasteiger partial charge in [0.1, 0.15) is 11.5 Å². The maximum Gasteiger partial charge on any atom is 0.269 e. The molecule has 0 aliphatic carbocycles. The minimum Gasteiger partial charge on any atom is -0.351 e. The molecule has 3 aromatic rings. The van der Waals surface area contributed by atoms with Crippen LogP contribution < -0.4 is 5.32 Å². The summed E-state index contributed by atoms with van der Waals surface area (Å²) in [5.41, 5.74) is 3.46. The van der Waals surface area contributed by atoms with Gasteiger partial charge >= 0.3 is 0 Å². The van der Waals surface area contributed by atoms with Gasteiger partial charge in [0, 0.05) is 18.8 Å². The van der Waals surface area contributed by atoms with Crippen LogP contribution in [-0.2, 0) is 6.54 Å². The molecule has 2 heterocycles. The number of aromatic nitrogens is 3. The van der Waals surface area contributed by atoms with Crippen LogP contribution in [0.2, 0.25) is 0 Å². The average molecular weight is 308 g/mol. The fourth-order valence-electron chi connectivity index (χ4n) is 2.68. The van der Waals surface area contributed by atoms with E-state index in [1.807, 2.05) is 44.2 Å². The van der Waals surface area contributed by atoms with Crippen molar-refractivity contribution in [2.24, 2.45) is 0 Å². The Morgan fingerprint density at radius 2 is 1.91 bits per heavy atom. The minimum absolute atomic E-state index is 0.124. The first-order chi connectivity index (χ1) is 11.1. The zero-order valence-electron chi connectivity index (χ0n) is 13.4. The van der Waals surface area contributed by atoms with Crippen LogP contribution in [0.5, 0.6) is 0 Å². The molecule has 0 unspecified atom stereocenters. The van der Waals surface area contributed by atoms with Crippen LogP contribution in [0.4, 0.5) is 0 Å². The Kier molecular flexibility index (Phi) is 4.37. The molecule has 1 amide bonds. The molecule has 0 spiro atoms. The Bertz CT molecular complexity index is 838. The summed E-state index contributed by atoms with van der Waals surface area (Å²) in [7, 11) is 0. The second-order valence-corrected chi connectivity index (χ2v) is 5.57. The fourth-order valence-corrected chi connectivity index (χ4v) is 2.68. The van der Waals surface area contributed by atoms with Crippen molar-refractivity contribution in [3.63, 3.8) is 0 Å². The summed E-state index contributed by atoms with van der Waals surface area (Å²) < 4.78 is 2.19. The second-order valence-electron chi connectivity index (χ2n) is 5.57. The molecule has 0 saturated carbocycles. The van der Waals surface area contributed by atoms with Crippen LogP contribution in [0.15, 0.2) is 42.5 Å². The van der Waals surface area contributed by atoms with Crippen molar-refractivity contribution in [3.8, 4) is 0 Å². The number of nitrogens with zero attached hydrogens (tertiary/aromatic N) is 3. The molecular formula is C18H20N4O. The SMILES string of the molecule is Cc1cccc(C(=O)NCCCn2c(C)nc3ccccc32)n1. The smallest absolute Gasteiger partial charge is 0.269 e. The summed E-state index contributed by atoms with van der Waals surface area (Å²) in [6, 6.07) is 13.6. The number of carbonyl (C=O) groups is 1. The van der Waals surface area contributed by atoms with Crippen LogP contribution in [0.1, 0.15) is 28.4 Å². The third kappa shape index (κ3) is 3.39. The third-order valence-corrected chi connectivity index (χ3v) is 3.81. The highest BCUT2D eigenvalue weighted by molar-refractivity contribution is 5.92. The lowest BCUT2D eigenvalue weighted by Gasteiger charge is -2.08. The number of imidazole rings is 1. The normalized spacial score (nSPS) is 10.9. The number of amides is 1. The molecule has 0 saturated heterocycles. The lowest BCUT2D eigenvalue weighted by Crippen LogP contribution is -2.26. The molecule has 3 rings (SSSR count). The zero-order valence-corrected chi connectivity index (χ0v) is 13.4. The van der Waals surface area contributed by atoms with Crippen molar-refractivity contribution in [1.82, 2.24) is 19.9 Å². The molecule has 1 N–H and O–H groups in total. The first-order valence-electron chi connectivity index (χ1n) is 7.79. The quantitative estimate of drug-likeness (QED) is 0.737. The predicted octanol–water partition coefficient (Wildman–Crippen LogP) is 2.87. The Hall–Kier alpha value is -2.69. The Morgan fingerprint density at radius 3 is 2.74 bits per heavy atom. The first-order valence-corrected chi connectivity index (χ1v) is 7.79. The molecule has 0 bridgehead atoms. The van der Waals surface area contributed by atoms with E-state index in [9.17, 15) is 4.79 Å². The van der Waals surface area contributed by atoms with Crippen LogP contribution in [0, 0.1) is 13.8 Å². The number of pyridine rings is 1. The van der Waals surface area contributed by atoms with Gasteiger partial charge in [0.15, 0.2) is 0 Å². The van der Waals surface area contributed by atoms with Crippen LogP contribution in [-0.4, -0.2) is 27.0 Å². The predicted molar refractivity (Wildman–Crippen MR) is 90.4 cm³/mol. The number of aryl methyl sites for hydroxylation is 3. The number of benzene rings is 1. The number of hydrogen-bond donors (Lipinski definition) is 1. The van der Waals surface area contributed by atoms with E-state index < -0.39 is 0 Å². The van der Waals surface area contributed by atoms with Crippen LogP contribution >= 0.6 is 0 Å². The average Bonchev–Trinajstić information content (AvgIpc) is 2.87. The van der Waals surface area contributed by atoms with Gasteiger partial charge in [-0.05, 0) is 44.5 Å². The van der Waals surface area contributed by atoms with E-state index in [0.717, 1.165) is 35.5 Å². The molecular weight excluding hydrogens is 288 g/mol. The summed E-state index contributed by atoms with van der Waals surface area (Å²) >= 11 is 0. The topological polar surface area (TPSA) is 59.8 Å². The van der Waals surface area contributed by atoms with Gasteiger partial charge in [0.2, 0.25) is 0 Å². The highest BCUT2D eigenvalue weighted by Gasteiger charge is 2.08. The number of fused-ring (bicyclic) bond motifs is 1. The van der Waals surface area contributed by atoms with Crippen molar-refractivity contribution < 1.29 is 4.79 Å². The summed E-state index contributed by atoms with van der Waals surface area (Å²) in [5, 5.41) is 2.92. The Morgan fingerprint density at radius 1 is 1.09 bits per heavy atom. The molecule has 0 atom stereocenters. The van der Waals surface area contributed by atoms with Gasteiger partial charge in [-0.1, -0.05) is 18.2 Å². The van der Waals surface area contributed by atoms with E-state index >= 15 is 0 Å². The number of carbonyl (C=O) groups excluding carboxylic acids is 1. The number of hydrogen-bond acceptors (Lipinski definition) is 3. The van der Waals surface area contributed by atoms with Crippen molar-refractivity contribution >= 4 is 16.9 Å². The summed E-state index contributed by atoms with van der Waals surface area (Å²) in [6.45, 7) is 5.33. The van der Waals surface area contributed by atoms with Crippen LogP contribution in [0.3, 0.4) is 0 Å². The third-order valence-electron chi connectivity index (χ3n) is 3.81. The molecule has 1 aromatic carbocycles. The maximum absolute atomic E-state index is 12.0. The highest BCUT2D eigenvalue weighted by atomic mass is 16.1. The molecule has 23 heavy (non-hydrogen) atoms. The molecule has 0 aliphatic rings. The van der Waals surface area contributed by atoms with Gasteiger partial charge in [-0.25, -0.2) is 9.97 Å². The summed E-state index contributed by atoms with van der Waals surface area (Å²) in [5.74, 6) is 0.874. The van der Waals surface area contributed by atoms with Crippen LogP contribution in [0.25, 0.3) is 11.0 Å². The maximum atomic E-state index is 12.0. The molecule has 0 aliphatic heterocycles. The van der Waals surface area contributed by atoms with Crippen molar-refractivity contribution in [1.29, 1.82) is 0 Å². The van der Waals surface area contributed by atoms with Gasteiger partial charge in [0.25, 0.3) is 5.91 Å². The lowest BCUT2D eigenvalue weighted by molar-refractivity contribution is 0.0947. The molecule has 118 valence electrons. The molecule has 2 aromatic heterocycles.